The summed E-state index contributed by atoms with van der Waals surface area (Å²) in [4.78, 5) is 26.0. The molecule has 0 aromatic heterocycles. The Labute approximate surface area is 127 Å². The van der Waals surface area contributed by atoms with Crippen LogP contribution in [-0.2, 0) is 16.1 Å². The van der Waals surface area contributed by atoms with E-state index in [0.29, 0.717) is 12.1 Å². The van der Waals surface area contributed by atoms with Gasteiger partial charge in [0, 0.05) is 6.54 Å². The predicted molar refractivity (Wildman–Crippen MR) is 79.1 cm³/mol. The monoisotopic (exact) mass is 298 g/mol. The molecule has 1 unspecified atom stereocenters. The van der Waals surface area contributed by atoms with E-state index in [9.17, 15) is 14.0 Å². The van der Waals surface area contributed by atoms with Crippen LogP contribution in [0.1, 0.15) is 17.2 Å². The normalized spacial score (nSPS) is 18.2. The fourth-order valence-electron chi connectivity index (χ4n) is 2.58. The molecule has 3 rings (SSSR count). The first-order valence-corrected chi connectivity index (χ1v) is 7.02. The van der Waals surface area contributed by atoms with E-state index < -0.39 is 6.04 Å². The van der Waals surface area contributed by atoms with E-state index in [1.165, 1.54) is 29.2 Å². The zero-order valence-corrected chi connectivity index (χ0v) is 11.8. The lowest BCUT2D eigenvalue weighted by Crippen LogP contribution is -2.53. The van der Waals surface area contributed by atoms with Gasteiger partial charge >= 0.3 is 0 Å². The Morgan fingerprint density at radius 1 is 1.05 bits per heavy atom. The van der Waals surface area contributed by atoms with Crippen LogP contribution in [0.3, 0.4) is 0 Å². The molecular formula is C17H15FN2O2. The second-order valence-corrected chi connectivity index (χ2v) is 5.18. The van der Waals surface area contributed by atoms with E-state index in [2.05, 4.69) is 5.32 Å². The van der Waals surface area contributed by atoms with Crippen LogP contribution >= 0.6 is 0 Å². The Morgan fingerprint density at radius 3 is 2.41 bits per heavy atom. The third-order valence-corrected chi connectivity index (χ3v) is 3.68. The van der Waals surface area contributed by atoms with Gasteiger partial charge in [-0.1, -0.05) is 42.5 Å². The molecule has 1 atom stereocenters. The highest BCUT2D eigenvalue weighted by molar-refractivity contribution is 5.95. The van der Waals surface area contributed by atoms with Gasteiger partial charge in [-0.05, 0) is 23.3 Å². The number of amides is 2. The van der Waals surface area contributed by atoms with Gasteiger partial charge in [0.15, 0.2) is 0 Å². The standard InChI is InChI=1S/C17H15FN2O2/c18-14-8-6-13(7-9-14)16-17(22)19-10-15(21)20(16)11-12-4-2-1-3-5-12/h1-9,16H,10-11H2,(H,19,22). The van der Waals surface area contributed by atoms with Gasteiger partial charge in [0.2, 0.25) is 11.8 Å². The van der Waals surface area contributed by atoms with Gasteiger partial charge in [-0.25, -0.2) is 4.39 Å². The lowest BCUT2D eigenvalue weighted by atomic mass is 10.0. The van der Waals surface area contributed by atoms with Crippen LogP contribution in [-0.4, -0.2) is 23.3 Å². The highest BCUT2D eigenvalue weighted by Gasteiger charge is 2.35. The van der Waals surface area contributed by atoms with Crippen LogP contribution in [0.5, 0.6) is 0 Å². The summed E-state index contributed by atoms with van der Waals surface area (Å²) in [6.45, 7) is 0.332. The van der Waals surface area contributed by atoms with Crippen molar-refractivity contribution in [3.63, 3.8) is 0 Å². The first-order valence-electron chi connectivity index (χ1n) is 7.02. The fourth-order valence-corrected chi connectivity index (χ4v) is 2.58. The van der Waals surface area contributed by atoms with Gasteiger partial charge in [-0.3, -0.25) is 9.59 Å². The summed E-state index contributed by atoms with van der Waals surface area (Å²) in [7, 11) is 0. The molecule has 1 saturated heterocycles. The molecule has 0 aliphatic carbocycles. The van der Waals surface area contributed by atoms with Crippen molar-refractivity contribution in [1.29, 1.82) is 0 Å². The van der Waals surface area contributed by atoms with E-state index >= 15 is 0 Å². The molecule has 1 aliphatic heterocycles. The minimum Gasteiger partial charge on any atom is -0.345 e. The van der Waals surface area contributed by atoms with E-state index in [1.807, 2.05) is 30.3 Å². The Hall–Kier alpha value is -2.69. The molecule has 2 aromatic carbocycles. The molecule has 0 saturated carbocycles. The maximum atomic E-state index is 13.1. The van der Waals surface area contributed by atoms with Crippen molar-refractivity contribution < 1.29 is 14.0 Å². The summed E-state index contributed by atoms with van der Waals surface area (Å²) < 4.78 is 13.1. The Kier molecular flexibility index (Phi) is 3.87. The summed E-state index contributed by atoms with van der Waals surface area (Å²) in [5.74, 6) is -0.777. The number of rotatable bonds is 3. The van der Waals surface area contributed by atoms with Crippen LogP contribution in [0.2, 0.25) is 0 Å². The number of carbonyl (C=O) groups is 2. The second-order valence-electron chi connectivity index (χ2n) is 5.18. The number of hydrogen-bond donors (Lipinski definition) is 1. The first kappa shape index (κ1) is 14.3. The number of piperazine rings is 1. The summed E-state index contributed by atoms with van der Waals surface area (Å²) in [5.41, 5.74) is 1.54. The van der Waals surface area contributed by atoms with Crippen molar-refractivity contribution in [3.05, 3.63) is 71.5 Å². The van der Waals surface area contributed by atoms with Gasteiger partial charge in [0.05, 0.1) is 6.54 Å². The van der Waals surface area contributed by atoms with Gasteiger partial charge < -0.3 is 10.2 Å². The van der Waals surface area contributed by atoms with E-state index in [4.69, 9.17) is 0 Å². The lowest BCUT2D eigenvalue weighted by molar-refractivity contribution is -0.146. The molecule has 1 heterocycles. The lowest BCUT2D eigenvalue weighted by Gasteiger charge is -2.35. The molecule has 2 aromatic rings. The van der Waals surface area contributed by atoms with Crippen LogP contribution in [0.15, 0.2) is 54.6 Å². The predicted octanol–water partition coefficient (Wildman–Crippen LogP) is 2.03. The number of carbonyl (C=O) groups excluding carboxylic acids is 2. The van der Waals surface area contributed by atoms with Crippen molar-refractivity contribution in [2.45, 2.75) is 12.6 Å². The van der Waals surface area contributed by atoms with E-state index in [1.54, 1.807) is 0 Å². The third kappa shape index (κ3) is 2.83. The van der Waals surface area contributed by atoms with Gasteiger partial charge in [-0.2, -0.15) is 0 Å². The summed E-state index contributed by atoms with van der Waals surface area (Å²) in [6, 6.07) is 14.4. The van der Waals surface area contributed by atoms with E-state index in [-0.39, 0.29) is 24.2 Å². The van der Waals surface area contributed by atoms with Gasteiger partial charge in [0.25, 0.3) is 0 Å². The molecule has 22 heavy (non-hydrogen) atoms. The minimum absolute atomic E-state index is 0.0106. The van der Waals surface area contributed by atoms with Crippen LogP contribution in [0.4, 0.5) is 4.39 Å². The molecule has 0 bridgehead atoms. The first-order chi connectivity index (χ1) is 10.6. The Bertz CT molecular complexity index is 686. The zero-order valence-electron chi connectivity index (χ0n) is 11.8. The highest BCUT2D eigenvalue weighted by Crippen LogP contribution is 2.26. The van der Waals surface area contributed by atoms with Crippen LogP contribution < -0.4 is 5.32 Å². The molecule has 1 N–H and O–H groups in total. The Balaban J connectivity index is 1.93. The molecule has 4 nitrogen and oxygen atoms in total. The molecule has 2 amide bonds. The maximum absolute atomic E-state index is 13.1. The van der Waals surface area contributed by atoms with Crippen molar-refractivity contribution in [2.24, 2.45) is 0 Å². The average Bonchev–Trinajstić information content (AvgIpc) is 2.53. The Morgan fingerprint density at radius 2 is 1.73 bits per heavy atom. The summed E-state index contributed by atoms with van der Waals surface area (Å²) >= 11 is 0. The van der Waals surface area contributed by atoms with Crippen molar-refractivity contribution in [2.75, 3.05) is 6.54 Å². The molecule has 1 fully saturated rings. The molecule has 1 aliphatic rings. The van der Waals surface area contributed by atoms with Crippen molar-refractivity contribution in [3.8, 4) is 0 Å². The number of halogens is 1. The minimum atomic E-state index is -0.734. The topological polar surface area (TPSA) is 49.4 Å². The highest BCUT2D eigenvalue weighted by atomic mass is 19.1. The number of nitrogens with zero attached hydrogens (tertiary/aromatic N) is 1. The van der Waals surface area contributed by atoms with Gasteiger partial charge in [0.1, 0.15) is 11.9 Å². The maximum Gasteiger partial charge on any atom is 0.247 e. The number of nitrogens with one attached hydrogen (secondary N) is 1. The average molecular weight is 298 g/mol. The second kappa shape index (κ2) is 5.97. The molecule has 5 heteroatoms. The van der Waals surface area contributed by atoms with Crippen LogP contribution in [0.25, 0.3) is 0 Å². The smallest absolute Gasteiger partial charge is 0.247 e. The fraction of sp³-hybridized carbons (Fsp3) is 0.176. The zero-order chi connectivity index (χ0) is 15.5. The number of benzene rings is 2. The molecule has 0 spiro atoms. The molecule has 112 valence electrons. The van der Waals surface area contributed by atoms with E-state index in [0.717, 1.165) is 5.56 Å². The molecule has 0 radical (unpaired) electrons. The SMILES string of the molecule is O=C1NCC(=O)N(Cc2ccccc2)C1c1ccc(F)cc1. The van der Waals surface area contributed by atoms with Crippen molar-refractivity contribution >= 4 is 11.8 Å². The quantitative estimate of drug-likeness (QED) is 0.942. The summed E-state index contributed by atoms with van der Waals surface area (Å²) in [5, 5.41) is 2.59. The molecular weight excluding hydrogens is 283 g/mol. The largest absolute Gasteiger partial charge is 0.345 e. The number of hydrogen-bond acceptors (Lipinski definition) is 2. The van der Waals surface area contributed by atoms with Gasteiger partial charge in [-0.15, -0.1) is 0 Å². The summed E-state index contributed by atoms with van der Waals surface area (Å²) in [6.07, 6.45) is 0. The van der Waals surface area contributed by atoms with Crippen molar-refractivity contribution in [1.82, 2.24) is 10.2 Å². The van der Waals surface area contributed by atoms with Crippen LogP contribution in [0, 0.1) is 5.82 Å². The third-order valence-electron chi connectivity index (χ3n) is 3.68.